The average Bonchev–Trinajstić information content (AvgIpc) is 3.37. The molecule has 2 heterocycles. The van der Waals surface area contributed by atoms with Gasteiger partial charge in [0.15, 0.2) is 6.61 Å². The molecule has 0 unspecified atom stereocenters. The SMILES string of the molecule is Cc1ccc(OCc2nnc(SCc3nnc(-c4ccc(Cl)cc4)o3)o2)cc1C. The lowest BCUT2D eigenvalue weighted by molar-refractivity contribution is 0.252. The molecule has 0 aliphatic rings. The van der Waals surface area contributed by atoms with E-state index in [0.29, 0.717) is 33.7 Å². The van der Waals surface area contributed by atoms with E-state index in [1.165, 1.54) is 22.9 Å². The number of hydrogen-bond donors (Lipinski definition) is 0. The van der Waals surface area contributed by atoms with Gasteiger partial charge in [-0.1, -0.05) is 29.4 Å². The van der Waals surface area contributed by atoms with E-state index in [1.54, 1.807) is 12.1 Å². The highest BCUT2D eigenvalue weighted by atomic mass is 35.5. The summed E-state index contributed by atoms with van der Waals surface area (Å²) < 4.78 is 17.0. The maximum Gasteiger partial charge on any atom is 0.277 e. The fourth-order valence-electron chi connectivity index (χ4n) is 2.45. The van der Waals surface area contributed by atoms with Crippen LogP contribution in [0.1, 0.15) is 22.9 Å². The molecule has 148 valence electrons. The first kappa shape index (κ1) is 19.5. The molecule has 2 aromatic carbocycles. The zero-order valence-electron chi connectivity index (χ0n) is 15.8. The molecule has 0 spiro atoms. The van der Waals surface area contributed by atoms with Crippen molar-refractivity contribution in [1.82, 2.24) is 20.4 Å². The number of benzene rings is 2. The van der Waals surface area contributed by atoms with Crippen LogP contribution in [0.15, 0.2) is 56.5 Å². The Labute approximate surface area is 176 Å². The van der Waals surface area contributed by atoms with Gasteiger partial charge < -0.3 is 13.6 Å². The lowest BCUT2D eigenvalue weighted by atomic mass is 10.1. The Morgan fingerprint density at radius 2 is 1.69 bits per heavy atom. The van der Waals surface area contributed by atoms with Crippen molar-refractivity contribution in [2.75, 3.05) is 0 Å². The predicted molar refractivity (Wildman–Crippen MR) is 109 cm³/mol. The average molecular weight is 429 g/mol. The Balaban J connectivity index is 1.31. The van der Waals surface area contributed by atoms with E-state index < -0.39 is 0 Å². The van der Waals surface area contributed by atoms with Gasteiger partial charge in [-0.05, 0) is 61.4 Å². The zero-order valence-corrected chi connectivity index (χ0v) is 17.3. The molecule has 0 radical (unpaired) electrons. The molecule has 29 heavy (non-hydrogen) atoms. The van der Waals surface area contributed by atoms with Crippen LogP contribution in [-0.2, 0) is 12.4 Å². The first-order chi connectivity index (χ1) is 14.1. The molecular weight excluding hydrogens is 412 g/mol. The van der Waals surface area contributed by atoms with Crippen molar-refractivity contribution in [3.63, 3.8) is 0 Å². The van der Waals surface area contributed by atoms with Gasteiger partial charge >= 0.3 is 0 Å². The molecule has 9 heteroatoms. The monoisotopic (exact) mass is 428 g/mol. The molecule has 0 fully saturated rings. The third-order valence-corrected chi connectivity index (χ3v) is 5.22. The van der Waals surface area contributed by atoms with Crippen molar-refractivity contribution < 1.29 is 13.6 Å². The molecule has 0 amide bonds. The van der Waals surface area contributed by atoms with E-state index in [-0.39, 0.29) is 6.61 Å². The maximum atomic E-state index is 5.89. The second-order valence-electron chi connectivity index (χ2n) is 6.29. The third-order valence-electron chi connectivity index (χ3n) is 4.17. The minimum absolute atomic E-state index is 0.206. The van der Waals surface area contributed by atoms with Gasteiger partial charge in [0.1, 0.15) is 5.75 Å². The van der Waals surface area contributed by atoms with Crippen LogP contribution in [0.3, 0.4) is 0 Å². The number of hydrogen-bond acceptors (Lipinski definition) is 8. The topological polar surface area (TPSA) is 87.1 Å². The zero-order chi connectivity index (χ0) is 20.2. The smallest absolute Gasteiger partial charge is 0.277 e. The summed E-state index contributed by atoms with van der Waals surface area (Å²) in [5.41, 5.74) is 3.19. The molecule has 0 N–H and O–H groups in total. The summed E-state index contributed by atoms with van der Waals surface area (Å²) in [4.78, 5) is 0. The minimum atomic E-state index is 0.206. The summed E-state index contributed by atoms with van der Waals surface area (Å²) >= 11 is 7.21. The van der Waals surface area contributed by atoms with Crippen LogP contribution in [-0.4, -0.2) is 20.4 Å². The Morgan fingerprint density at radius 3 is 2.48 bits per heavy atom. The van der Waals surface area contributed by atoms with Gasteiger partial charge in [0.25, 0.3) is 11.1 Å². The van der Waals surface area contributed by atoms with Crippen LogP contribution in [0.2, 0.25) is 5.02 Å². The van der Waals surface area contributed by atoms with Crippen molar-refractivity contribution in [3.8, 4) is 17.2 Å². The first-order valence-corrected chi connectivity index (χ1v) is 10.2. The maximum absolute atomic E-state index is 5.89. The Morgan fingerprint density at radius 1 is 0.897 bits per heavy atom. The number of aryl methyl sites for hydroxylation is 2. The number of rotatable bonds is 7. The third kappa shape index (κ3) is 4.96. The summed E-state index contributed by atoms with van der Waals surface area (Å²) in [5.74, 6) is 2.48. The number of thioether (sulfide) groups is 1. The Kier molecular flexibility index (Phi) is 5.82. The van der Waals surface area contributed by atoms with Gasteiger partial charge in [-0.15, -0.1) is 20.4 Å². The molecule has 0 bridgehead atoms. The van der Waals surface area contributed by atoms with Crippen molar-refractivity contribution in [3.05, 3.63) is 70.4 Å². The number of ether oxygens (including phenoxy) is 1. The summed E-state index contributed by atoms with van der Waals surface area (Å²) in [6, 6.07) is 13.1. The van der Waals surface area contributed by atoms with Crippen LogP contribution < -0.4 is 4.74 Å². The van der Waals surface area contributed by atoms with Crippen LogP contribution in [0.5, 0.6) is 5.75 Å². The van der Waals surface area contributed by atoms with Gasteiger partial charge in [-0.2, -0.15) is 0 Å². The van der Waals surface area contributed by atoms with Gasteiger partial charge in [0.05, 0.1) is 5.75 Å². The van der Waals surface area contributed by atoms with Crippen LogP contribution >= 0.6 is 23.4 Å². The molecule has 0 atom stereocenters. The normalized spacial score (nSPS) is 11.0. The molecular formula is C20H17ClN4O3S. The predicted octanol–water partition coefficient (Wildman–Crippen LogP) is 5.26. The lowest BCUT2D eigenvalue weighted by Crippen LogP contribution is -1.96. The molecule has 0 aliphatic heterocycles. The Bertz CT molecular complexity index is 1110. The highest BCUT2D eigenvalue weighted by Gasteiger charge is 2.12. The highest BCUT2D eigenvalue weighted by molar-refractivity contribution is 7.98. The second-order valence-corrected chi connectivity index (χ2v) is 7.66. The van der Waals surface area contributed by atoms with E-state index in [1.807, 2.05) is 37.3 Å². The van der Waals surface area contributed by atoms with Crippen LogP contribution in [0, 0.1) is 13.8 Å². The summed E-state index contributed by atoms with van der Waals surface area (Å²) in [6.07, 6.45) is 0. The largest absolute Gasteiger partial charge is 0.484 e. The number of aromatic nitrogens is 4. The molecule has 4 aromatic rings. The second kappa shape index (κ2) is 8.67. The lowest BCUT2D eigenvalue weighted by Gasteiger charge is -2.05. The standard InChI is InChI=1S/C20H17ClN4O3S/c1-12-3-8-16(9-13(12)2)26-10-17-22-25-20(28-17)29-11-18-23-24-19(27-18)14-4-6-15(21)7-5-14/h3-9H,10-11H2,1-2H3. The highest BCUT2D eigenvalue weighted by Crippen LogP contribution is 2.25. The molecule has 2 aromatic heterocycles. The fourth-order valence-corrected chi connectivity index (χ4v) is 3.19. The van der Waals surface area contributed by atoms with Gasteiger partial charge in [0.2, 0.25) is 11.8 Å². The van der Waals surface area contributed by atoms with Gasteiger partial charge in [-0.25, -0.2) is 0 Å². The van der Waals surface area contributed by atoms with E-state index in [0.717, 1.165) is 11.3 Å². The van der Waals surface area contributed by atoms with Crippen LogP contribution in [0.4, 0.5) is 0 Å². The summed E-state index contributed by atoms with van der Waals surface area (Å²) in [7, 11) is 0. The van der Waals surface area contributed by atoms with Gasteiger partial charge in [0, 0.05) is 10.6 Å². The number of nitrogens with zero attached hydrogens (tertiary/aromatic N) is 4. The molecule has 7 nitrogen and oxygen atoms in total. The first-order valence-electron chi connectivity index (χ1n) is 8.80. The fraction of sp³-hybridized carbons (Fsp3) is 0.200. The minimum Gasteiger partial charge on any atom is -0.484 e. The molecule has 4 rings (SSSR count). The summed E-state index contributed by atoms with van der Waals surface area (Å²) in [6.45, 7) is 4.30. The van der Waals surface area contributed by atoms with Crippen molar-refractivity contribution >= 4 is 23.4 Å². The van der Waals surface area contributed by atoms with Crippen molar-refractivity contribution in [2.24, 2.45) is 0 Å². The van der Waals surface area contributed by atoms with E-state index >= 15 is 0 Å². The van der Waals surface area contributed by atoms with E-state index in [9.17, 15) is 0 Å². The Hall–Kier alpha value is -2.84. The van der Waals surface area contributed by atoms with E-state index in [4.69, 9.17) is 25.2 Å². The quantitative estimate of drug-likeness (QED) is 0.368. The molecule has 0 saturated heterocycles. The molecule has 0 aliphatic carbocycles. The van der Waals surface area contributed by atoms with Gasteiger partial charge in [-0.3, -0.25) is 0 Å². The summed E-state index contributed by atoms with van der Waals surface area (Å²) in [5, 5.41) is 17.2. The van der Waals surface area contributed by atoms with Crippen molar-refractivity contribution in [2.45, 2.75) is 31.4 Å². The molecule has 0 saturated carbocycles. The van der Waals surface area contributed by atoms with E-state index in [2.05, 4.69) is 27.3 Å². The van der Waals surface area contributed by atoms with Crippen LogP contribution in [0.25, 0.3) is 11.5 Å². The number of halogens is 1. The van der Waals surface area contributed by atoms with Crippen molar-refractivity contribution in [1.29, 1.82) is 0 Å².